The standard InChI is InChI=1S/C19H24N4O3/c1-23-12-13(11-20-23)9-14-10-16(22-19-17(14)25-7-8-26-19)18(24)21-15-5-3-2-4-6-15/h10-12,15H,2-9H2,1H3,(H,21,24). The predicted octanol–water partition coefficient (Wildman–Crippen LogP) is 2.24. The molecular formula is C19H24N4O3. The summed E-state index contributed by atoms with van der Waals surface area (Å²) in [4.78, 5) is 17.1. The van der Waals surface area contributed by atoms with Gasteiger partial charge in [-0.15, -0.1) is 0 Å². The van der Waals surface area contributed by atoms with Gasteiger partial charge >= 0.3 is 0 Å². The number of nitrogens with zero attached hydrogens (tertiary/aromatic N) is 3. The van der Waals surface area contributed by atoms with E-state index in [2.05, 4.69) is 15.4 Å². The largest absolute Gasteiger partial charge is 0.484 e. The normalized spacial score (nSPS) is 17.1. The summed E-state index contributed by atoms with van der Waals surface area (Å²) in [7, 11) is 1.88. The summed E-state index contributed by atoms with van der Waals surface area (Å²) < 4.78 is 13.2. The Morgan fingerprint density at radius 1 is 1.27 bits per heavy atom. The molecule has 1 fully saturated rings. The molecule has 2 aromatic rings. The smallest absolute Gasteiger partial charge is 0.270 e. The Bertz CT molecular complexity index is 796. The predicted molar refractivity (Wildman–Crippen MR) is 95.6 cm³/mol. The van der Waals surface area contributed by atoms with Crippen LogP contribution in [-0.2, 0) is 13.5 Å². The molecule has 0 bridgehead atoms. The van der Waals surface area contributed by atoms with E-state index in [1.54, 1.807) is 4.68 Å². The molecule has 7 nitrogen and oxygen atoms in total. The lowest BCUT2D eigenvalue weighted by atomic mass is 9.95. The van der Waals surface area contributed by atoms with Crippen LogP contribution in [0.15, 0.2) is 18.5 Å². The van der Waals surface area contributed by atoms with Crippen LogP contribution in [0.25, 0.3) is 0 Å². The SMILES string of the molecule is Cn1cc(Cc2cc(C(=O)NC3CCCCC3)nc3c2OCCO3)cn1. The molecule has 138 valence electrons. The van der Waals surface area contributed by atoms with E-state index in [4.69, 9.17) is 9.47 Å². The molecule has 0 unspecified atom stereocenters. The molecule has 2 aromatic heterocycles. The maximum Gasteiger partial charge on any atom is 0.270 e. The molecule has 0 aromatic carbocycles. The van der Waals surface area contributed by atoms with Crippen LogP contribution in [0.1, 0.15) is 53.7 Å². The highest BCUT2D eigenvalue weighted by Crippen LogP contribution is 2.34. The minimum Gasteiger partial charge on any atom is -0.484 e. The Morgan fingerprint density at radius 3 is 2.85 bits per heavy atom. The van der Waals surface area contributed by atoms with Crippen molar-refractivity contribution in [2.45, 2.75) is 44.6 Å². The number of pyridine rings is 1. The van der Waals surface area contributed by atoms with Gasteiger partial charge in [0.05, 0.1) is 6.20 Å². The van der Waals surface area contributed by atoms with Crippen molar-refractivity contribution in [3.8, 4) is 11.6 Å². The van der Waals surface area contributed by atoms with Gasteiger partial charge in [-0.3, -0.25) is 9.48 Å². The Kier molecular flexibility index (Phi) is 4.77. The van der Waals surface area contributed by atoms with Crippen LogP contribution in [0, 0.1) is 0 Å². The monoisotopic (exact) mass is 356 g/mol. The number of ether oxygens (including phenoxy) is 2. The molecule has 1 saturated carbocycles. The third-order valence-electron chi connectivity index (χ3n) is 4.91. The highest BCUT2D eigenvalue weighted by molar-refractivity contribution is 5.93. The Labute approximate surface area is 152 Å². The first kappa shape index (κ1) is 16.9. The van der Waals surface area contributed by atoms with Gasteiger partial charge in [-0.2, -0.15) is 5.10 Å². The summed E-state index contributed by atoms with van der Waals surface area (Å²) >= 11 is 0. The maximum absolute atomic E-state index is 12.7. The Morgan fingerprint density at radius 2 is 2.08 bits per heavy atom. The van der Waals surface area contributed by atoms with Crippen molar-refractivity contribution < 1.29 is 14.3 Å². The maximum atomic E-state index is 12.7. The molecule has 1 N–H and O–H groups in total. The molecule has 7 heteroatoms. The second-order valence-electron chi connectivity index (χ2n) is 7.01. The highest BCUT2D eigenvalue weighted by atomic mass is 16.6. The fourth-order valence-corrected chi connectivity index (χ4v) is 3.63. The summed E-state index contributed by atoms with van der Waals surface area (Å²) in [5, 5.41) is 7.33. The third kappa shape index (κ3) is 3.66. The molecule has 3 heterocycles. The summed E-state index contributed by atoms with van der Waals surface area (Å²) in [6, 6.07) is 2.06. The molecule has 1 amide bonds. The van der Waals surface area contributed by atoms with Crippen LogP contribution in [0.5, 0.6) is 11.6 Å². The highest BCUT2D eigenvalue weighted by Gasteiger charge is 2.24. The van der Waals surface area contributed by atoms with Gasteiger partial charge in [0.15, 0.2) is 5.75 Å². The van der Waals surface area contributed by atoms with E-state index in [-0.39, 0.29) is 11.9 Å². The van der Waals surface area contributed by atoms with Crippen molar-refractivity contribution >= 4 is 5.91 Å². The van der Waals surface area contributed by atoms with Gasteiger partial charge in [-0.25, -0.2) is 4.98 Å². The number of nitrogens with one attached hydrogen (secondary N) is 1. The van der Waals surface area contributed by atoms with Gasteiger partial charge in [0.1, 0.15) is 18.9 Å². The van der Waals surface area contributed by atoms with E-state index in [1.165, 1.54) is 19.3 Å². The van der Waals surface area contributed by atoms with Crippen LogP contribution in [-0.4, -0.2) is 39.9 Å². The van der Waals surface area contributed by atoms with Gasteiger partial charge in [-0.1, -0.05) is 19.3 Å². The number of rotatable bonds is 4. The molecule has 4 rings (SSSR count). The summed E-state index contributed by atoms with van der Waals surface area (Å²) in [6.07, 6.45) is 10.1. The molecule has 2 aliphatic rings. The molecule has 1 aliphatic heterocycles. The topological polar surface area (TPSA) is 78.3 Å². The Balaban J connectivity index is 1.60. The van der Waals surface area contributed by atoms with Gasteiger partial charge in [0.25, 0.3) is 11.8 Å². The van der Waals surface area contributed by atoms with Crippen molar-refractivity contribution in [1.29, 1.82) is 0 Å². The van der Waals surface area contributed by atoms with Gasteiger partial charge in [0, 0.05) is 31.3 Å². The van der Waals surface area contributed by atoms with E-state index >= 15 is 0 Å². The number of aromatic nitrogens is 3. The number of carbonyl (C=O) groups excluding carboxylic acids is 1. The van der Waals surface area contributed by atoms with E-state index in [9.17, 15) is 4.79 Å². The van der Waals surface area contributed by atoms with Crippen LogP contribution in [0.4, 0.5) is 0 Å². The van der Waals surface area contributed by atoms with Gasteiger partial charge in [-0.05, 0) is 24.5 Å². The fourth-order valence-electron chi connectivity index (χ4n) is 3.63. The van der Waals surface area contributed by atoms with Crippen LogP contribution in [0.2, 0.25) is 0 Å². The van der Waals surface area contributed by atoms with Crippen LogP contribution < -0.4 is 14.8 Å². The lowest BCUT2D eigenvalue weighted by Gasteiger charge is -2.24. The zero-order chi connectivity index (χ0) is 17.9. The van der Waals surface area contributed by atoms with E-state index in [0.29, 0.717) is 37.0 Å². The molecule has 26 heavy (non-hydrogen) atoms. The van der Waals surface area contributed by atoms with Gasteiger partial charge in [0.2, 0.25) is 0 Å². The second kappa shape index (κ2) is 7.35. The summed E-state index contributed by atoms with van der Waals surface area (Å²) in [6.45, 7) is 0.933. The average Bonchev–Trinajstić information content (AvgIpc) is 3.07. The molecule has 0 radical (unpaired) electrons. The molecule has 0 spiro atoms. The number of aryl methyl sites for hydroxylation is 1. The van der Waals surface area contributed by atoms with Crippen molar-refractivity contribution in [3.63, 3.8) is 0 Å². The van der Waals surface area contributed by atoms with Crippen molar-refractivity contribution in [2.75, 3.05) is 13.2 Å². The first-order chi connectivity index (χ1) is 12.7. The number of fused-ring (bicyclic) bond motifs is 1. The molecule has 0 atom stereocenters. The summed E-state index contributed by atoms with van der Waals surface area (Å²) in [5.41, 5.74) is 2.34. The summed E-state index contributed by atoms with van der Waals surface area (Å²) in [5.74, 6) is 0.905. The number of hydrogen-bond donors (Lipinski definition) is 1. The van der Waals surface area contributed by atoms with E-state index in [1.807, 2.05) is 25.5 Å². The van der Waals surface area contributed by atoms with E-state index < -0.39 is 0 Å². The lowest BCUT2D eigenvalue weighted by Crippen LogP contribution is -2.36. The first-order valence-electron chi connectivity index (χ1n) is 9.27. The minimum absolute atomic E-state index is 0.138. The zero-order valence-corrected chi connectivity index (χ0v) is 15.0. The minimum atomic E-state index is -0.138. The fraction of sp³-hybridized carbons (Fsp3) is 0.526. The van der Waals surface area contributed by atoms with Crippen LogP contribution >= 0.6 is 0 Å². The van der Waals surface area contributed by atoms with Gasteiger partial charge < -0.3 is 14.8 Å². The zero-order valence-electron chi connectivity index (χ0n) is 15.0. The molecule has 0 saturated heterocycles. The number of carbonyl (C=O) groups is 1. The van der Waals surface area contributed by atoms with Crippen molar-refractivity contribution in [2.24, 2.45) is 7.05 Å². The number of hydrogen-bond acceptors (Lipinski definition) is 5. The Hall–Kier alpha value is -2.57. The van der Waals surface area contributed by atoms with Crippen molar-refractivity contribution in [1.82, 2.24) is 20.1 Å². The quantitative estimate of drug-likeness (QED) is 0.909. The van der Waals surface area contributed by atoms with Crippen LogP contribution in [0.3, 0.4) is 0 Å². The van der Waals surface area contributed by atoms with Crippen molar-refractivity contribution in [3.05, 3.63) is 35.3 Å². The molecular weight excluding hydrogens is 332 g/mol. The lowest BCUT2D eigenvalue weighted by molar-refractivity contribution is 0.0919. The third-order valence-corrected chi connectivity index (χ3v) is 4.91. The second-order valence-corrected chi connectivity index (χ2v) is 7.01. The molecule has 1 aliphatic carbocycles. The average molecular weight is 356 g/mol. The number of amides is 1. The van der Waals surface area contributed by atoms with E-state index in [0.717, 1.165) is 24.0 Å². The first-order valence-corrected chi connectivity index (χ1v) is 9.27.